The molecule has 0 aromatic heterocycles. The molecular weight excluding hydrogens is 713 g/mol. The summed E-state index contributed by atoms with van der Waals surface area (Å²) >= 11 is 0. The number of hydrogen-bond donors (Lipinski definition) is 0. The van der Waals surface area contributed by atoms with Gasteiger partial charge in [-0.1, -0.05) is 127 Å². The summed E-state index contributed by atoms with van der Waals surface area (Å²) in [6.45, 7) is 2.16. The van der Waals surface area contributed by atoms with E-state index in [9.17, 15) is 0 Å². The smallest absolute Gasteiger partial charge is 0.0540 e. The number of hydrogen-bond acceptors (Lipinski definition) is 2. The van der Waals surface area contributed by atoms with Crippen LogP contribution >= 0.6 is 0 Å². The highest BCUT2D eigenvalue weighted by Crippen LogP contribution is 2.71. The van der Waals surface area contributed by atoms with Crippen LogP contribution in [0.4, 0.5) is 34.1 Å². The zero-order valence-corrected chi connectivity index (χ0v) is 33.5. The Kier molecular flexibility index (Phi) is 7.15. The molecule has 0 atom stereocenters. The van der Waals surface area contributed by atoms with Crippen molar-refractivity contribution in [3.63, 3.8) is 0 Å². The van der Waals surface area contributed by atoms with Gasteiger partial charge < -0.3 is 9.80 Å². The average Bonchev–Trinajstić information content (AvgIpc) is 3.58. The van der Waals surface area contributed by atoms with Gasteiger partial charge in [0.15, 0.2) is 0 Å². The summed E-state index contributed by atoms with van der Waals surface area (Å²) in [6.07, 6.45) is 6.91. The second kappa shape index (κ2) is 12.6. The van der Waals surface area contributed by atoms with Crippen molar-refractivity contribution < 1.29 is 0 Å². The zero-order chi connectivity index (χ0) is 38.8. The molecule has 0 amide bonds. The summed E-state index contributed by atoms with van der Waals surface area (Å²) in [6, 6.07) is 66.7. The highest BCUT2D eigenvalue weighted by atomic mass is 15.2. The van der Waals surface area contributed by atoms with Gasteiger partial charge in [0.05, 0.1) is 17.1 Å². The Morgan fingerprint density at radius 1 is 0.407 bits per heavy atom. The van der Waals surface area contributed by atoms with Crippen LogP contribution in [0.15, 0.2) is 176 Å². The van der Waals surface area contributed by atoms with Gasteiger partial charge in [0, 0.05) is 33.2 Å². The normalized spacial score (nSPS) is 22.4. The Morgan fingerprint density at radius 3 is 1.54 bits per heavy atom. The second-order valence-electron chi connectivity index (χ2n) is 18.2. The summed E-state index contributed by atoms with van der Waals surface area (Å²) < 4.78 is 0. The number of fused-ring (bicyclic) bond motifs is 3. The maximum atomic E-state index is 2.65. The summed E-state index contributed by atoms with van der Waals surface area (Å²) in [5.41, 5.74) is 14.7. The Hall–Kier alpha value is -6.38. The van der Waals surface area contributed by atoms with Crippen LogP contribution in [0, 0.1) is 30.6 Å². The Labute approximate surface area is 346 Å². The van der Waals surface area contributed by atoms with Crippen molar-refractivity contribution in [2.24, 2.45) is 23.7 Å². The molecule has 9 aromatic rings. The van der Waals surface area contributed by atoms with Gasteiger partial charge >= 0.3 is 0 Å². The topological polar surface area (TPSA) is 6.48 Å². The molecule has 2 nitrogen and oxygen atoms in total. The van der Waals surface area contributed by atoms with E-state index in [1.807, 2.05) is 0 Å². The molecule has 0 radical (unpaired) electrons. The van der Waals surface area contributed by atoms with Crippen molar-refractivity contribution >= 4 is 66.4 Å². The van der Waals surface area contributed by atoms with Crippen LogP contribution in [-0.4, -0.2) is 0 Å². The van der Waals surface area contributed by atoms with Crippen LogP contribution in [-0.2, 0) is 5.41 Å². The fourth-order valence-corrected chi connectivity index (χ4v) is 13.2. The average molecular weight is 759 g/mol. The molecule has 59 heavy (non-hydrogen) atoms. The van der Waals surface area contributed by atoms with Crippen molar-refractivity contribution in [2.45, 2.75) is 44.4 Å². The van der Waals surface area contributed by atoms with Gasteiger partial charge in [0.25, 0.3) is 0 Å². The SMILES string of the molecule is Cc1ccc(N(c2ccccc2)c2ccc3ccc4c(N(c5ccccc5)c5cccc6c5C5(c7ccccc7-6)C6CC7CC(C6)CC5C7)ccc5ccc2c3c54)cc1. The minimum atomic E-state index is 0.0402. The van der Waals surface area contributed by atoms with Gasteiger partial charge in [0.1, 0.15) is 0 Å². The quantitative estimate of drug-likeness (QED) is 0.156. The van der Waals surface area contributed by atoms with Crippen molar-refractivity contribution in [1.29, 1.82) is 0 Å². The van der Waals surface area contributed by atoms with Crippen LogP contribution < -0.4 is 9.80 Å². The molecule has 4 fully saturated rings. The van der Waals surface area contributed by atoms with Gasteiger partial charge in [-0.25, -0.2) is 0 Å². The van der Waals surface area contributed by atoms with E-state index in [1.165, 1.54) is 104 Å². The second-order valence-corrected chi connectivity index (χ2v) is 18.2. The molecule has 2 heteroatoms. The van der Waals surface area contributed by atoms with Crippen molar-refractivity contribution in [2.75, 3.05) is 9.80 Å². The van der Waals surface area contributed by atoms with Crippen LogP contribution in [0.1, 0.15) is 48.8 Å². The minimum Gasteiger partial charge on any atom is -0.310 e. The zero-order valence-electron chi connectivity index (χ0n) is 33.5. The maximum absolute atomic E-state index is 2.65. The molecule has 0 saturated heterocycles. The third-order valence-corrected chi connectivity index (χ3v) is 15.2. The van der Waals surface area contributed by atoms with Crippen LogP contribution in [0.2, 0.25) is 0 Å². The molecule has 9 aromatic carbocycles. The van der Waals surface area contributed by atoms with Crippen molar-refractivity contribution in [1.82, 2.24) is 0 Å². The van der Waals surface area contributed by atoms with Crippen LogP contribution in [0.25, 0.3) is 43.4 Å². The first-order valence-corrected chi connectivity index (χ1v) is 21.9. The van der Waals surface area contributed by atoms with Crippen LogP contribution in [0.5, 0.6) is 0 Å². The van der Waals surface area contributed by atoms with Gasteiger partial charge in [-0.05, 0) is 161 Å². The number of benzene rings is 9. The number of anilines is 6. The van der Waals surface area contributed by atoms with Crippen molar-refractivity contribution in [3.05, 3.63) is 193 Å². The van der Waals surface area contributed by atoms with Gasteiger partial charge in [-0.2, -0.15) is 0 Å². The first-order chi connectivity index (χ1) is 29.1. The van der Waals surface area contributed by atoms with Gasteiger partial charge in [0.2, 0.25) is 0 Å². The number of aryl methyl sites for hydroxylation is 1. The molecule has 284 valence electrons. The number of para-hydroxylation sites is 2. The molecule has 0 N–H and O–H groups in total. The lowest BCUT2D eigenvalue weighted by Gasteiger charge is -2.61. The maximum Gasteiger partial charge on any atom is 0.0540 e. The molecule has 0 unspecified atom stereocenters. The third-order valence-electron chi connectivity index (χ3n) is 15.2. The highest BCUT2D eigenvalue weighted by Gasteiger charge is 2.62. The summed E-state index contributed by atoms with van der Waals surface area (Å²) in [4.78, 5) is 5.07. The molecule has 0 aliphatic heterocycles. The van der Waals surface area contributed by atoms with E-state index < -0.39 is 0 Å². The standard InChI is InChI=1S/C57H46N2/c1-36-19-25-45(26-20-36)58(43-11-4-2-5-12-43)51-29-23-39-22-28-49-52(30-24-40-21-27-48(51)54(39)55(40)49)59(44-13-6-3-7-14-44)53-18-10-16-47-46-15-8-9-17-50(46)57(56(47)53)41-32-37-31-38(34-41)35-42(57)33-37/h2-30,37-38,41-42H,31-35H2,1H3. The largest absolute Gasteiger partial charge is 0.310 e. The fraction of sp³-hybridized carbons (Fsp3) is 0.193. The Balaban J connectivity index is 1.07. The predicted octanol–water partition coefficient (Wildman–Crippen LogP) is 15.6. The predicted molar refractivity (Wildman–Crippen MR) is 248 cm³/mol. The number of rotatable bonds is 6. The fourth-order valence-electron chi connectivity index (χ4n) is 13.2. The van der Waals surface area contributed by atoms with Gasteiger partial charge in [-0.3, -0.25) is 0 Å². The lowest BCUT2D eigenvalue weighted by Crippen LogP contribution is -2.55. The van der Waals surface area contributed by atoms with E-state index >= 15 is 0 Å². The lowest BCUT2D eigenvalue weighted by molar-refractivity contribution is -0.0397. The molecule has 14 rings (SSSR count). The van der Waals surface area contributed by atoms with Gasteiger partial charge in [-0.15, -0.1) is 0 Å². The van der Waals surface area contributed by atoms with E-state index in [-0.39, 0.29) is 5.41 Å². The highest BCUT2D eigenvalue weighted by molar-refractivity contribution is 6.28. The molecule has 5 aliphatic carbocycles. The molecular formula is C57H46N2. The summed E-state index contributed by atoms with van der Waals surface area (Å²) in [5.74, 6) is 3.15. The first kappa shape index (κ1) is 33.6. The first-order valence-electron chi connectivity index (χ1n) is 21.9. The molecule has 0 heterocycles. The van der Waals surface area contributed by atoms with E-state index in [1.54, 1.807) is 11.1 Å². The van der Waals surface area contributed by atoms with E-state index in [0.717, 1.165) is 23.2 Å². The number of nitrogens with zero attached hydrogens (tertiary/aromatic N) is 2. The monoisotopic (exact) mass is 758 g/mol. The van der Waals surface area contributed by atoms with Crippen LogP contribution in [0.3, 0.4) is 0 Å². The Morgan fingerprint density at radius 2 is 0.915 bits per heavy atom. The molecule has 4 saturated carbocycles. The molecule has 4 bridgehead atoms. The van der Waals surface area contributed by atoms with E-state index in [4.69, 9.17) is 0 Å². The summed E-state index contributed by atoms with van der Waals surface area (Å²) in [7, 11) is 0. The van der Waals surface area contributed by atoms with E-state index in [0.29, 0.717) is 11.8 Å². The van der Waals surface area contributed by atoms with Crippen molar-refractivity contribution in [3.8, 4) is 11.1 Å². The summed E-state index contributed by atoms with van der Waals surface area (Å²) in [5, 5.41) is 7.75. The minimum absolute atomic E-state index is 0.0402. The third kappa shape index (κ3) is 4.69. The Bertz CT molecular complexity index is 3040. The van der Waals surface area contributed by atoms with E-state index in [2.05, 4.69) is 193 Å². The molecule has 1 spiro atoms. The molecule has 5 aliphatic rings. The lowest BCUT2D eigenvalue weighted by atomic mass is 9.43.